The van der Waals surface area contributed by atoms with Crippen LogP contribution in [0.5, 0.6) is 5.75 Å². The molecule has 0 aliphatic rings. The minimum atomic E-state index is -0.836. The number of hydrogen-bond donors (Lipinski definition) is 2. The summed E-state index contributed by atoms with van der Waals surface area (Å²) in [6.45, 7) is 2.33. The molecule has 2 aromatic heterocycles. The number of hydrogen-bond acceptors (Lipinski definition) is 6. The monoisotopic (exact) mass is 405 g/mol. The van der Waals surface area contributed by atoms with Crippen molar-refractivity contribution in [1.29, 1.82) is 0 Å². The van der Waals surface area contributed by atoms with E-state index in [1.807, 2.05) is 48.7 Å². The fraction of sp³-hybridized carbons (Fsp3) is 0.211. The van der Waals surface area contributed by atoms with Crippen LogP contribution in [0, 0.1) is 6.92 Å². The van der Waals surface area contributed by atoms with E-state index in [1.165, 1.54) is 11.3 Å². The Balaban J connectivity index is 0.00000261. The van der Waals surface area contributed by atoms with E-state index in [0.717, 1.165) is 22.0 Å². The molecule has 8 heteroatoms. The first-order chi connectivity index (χ1) is 12.6. The molecule has 0 spiro atoms. The number of benzene rings is 1. The minimum Gasteiger partial charge on any atom is -0.485 e. The highest BCUT2D eigenvalue weighted by molar-refractivity contribution is 7.13. The minimum absolute atomic E-state index is 0. The highest BCUT2D eigenvalue weighted by Crippen LogP contribution is 2.29. The SMILES string of the molecule is Cc1csc(Nc2ncc(CCC(=O)O)cc2OCc2ccccc2)n1.Cl. The summed E-state index contributed by atoms with van der Waals surface area (Å²) in [6, 6.07) is 11.7. The molecule has 27 heavy (non-hydrogen) atoms. The van der Waals surface area contributed by atoms with Gasteiger partial charge in [-0.05, 0) is 30.5 Å². The van der Waals surface area contributed by atoms with Crippen LogP contribution in [0.1, 0.15) is 23.2 Å². The van der Waals surface area contributed by atoms with Crippen LogP contribution in [0.15, 0.2) is 48.0 Å². The summed E-state index contributed by atoms with van der Waals surface area (Å²) in [5, 5.41) is 14.7. The normalized spacial score (nSPS) is 10.1. The van der Waals surface area contributed by atoms with E-state index in [0.29, 0.717) is 24.6 Å². The average Bonchev–Trinajstić information content (AvgIpc) is 3.05. The van der Waals surface area contributed by atoms with Crippen LogP contribution in [-0.4, -0.2) is 21.0 Å². The largest absolute Gasteiger partial charge is 0.485 e. The van der Waals surface area contributed by atoms with Gasteiger partial charge in [0, 0.05) is 18.0 Å². The molecule has 1 aromatic carbocycles. The van der Waals surface area contributed by atoms with Crippen LogP contribution in [-0.2, 0) is 17.8 Å². The van der Waals surface area contributed by atoms with Crippen LogP contribution < -0.4 is 10.1 Å². The number of aliphatic carboxylic acids is 1. The molecule has 142 valence electrons. The van der Waals surface area contributed by atoms with Gasteiger partial charge in [0.25, 0.3) is 0 Å². The summed E-state index contributed by atoms with van der Waals surface area (Å²) in [4.78, 5) is 19.6. The molecule has 0 aliphatic heterocycles. The van der Waals surface area contributed by atoms with Gasteiger partial charge in [0.1, 0.15) is 6.61 Å². The Kier molecular flexibility index (Phi) is 7.57. The van der Waals surface area contributed by atoms with Gasteiger partial charge < -0.3 is 15.2 Å². The third-order valence-electron chi connectivity index (χ3n) is 3.62. The van der Waals surface area contributed by atoms with E-state index in [-0.39, 0.29) is 18.8 Å². The highest BCUT2D eigenvalue weighted by atomic mass is 35.5. The molecule has 0 bridgehead atoms. The van der Waals surface area contributed by atoms with Crippen molar-refractivity contribution in [1.82, 2.24) is 9.97 Å². The third kappa shape index (κ3) is 6.23. The molecule has 3 rings (SSSR count). The van der Waals surface area contributed by atoms with Crippen molar-refractivity contribution in [3.8, 4) is 5.75 Å². The summed E-state index contributed by atoms with van der Waals surface area (Å²) in [6.07, 6.45) is 2.13. The zero-order valence-corrected chi connectivity index (χ0v) is 16.3. The van der Waals surface area contributed by atoms with Crippen molar-refractivity contribution in [2.45, 2.75) is 26.4 Å². The number of nitrogens with zero attached hydrogens (tertiary/aromatic N) is 2. The summed E-state index contributed by atoms with van der Waals surface area (Å²) in [7, 11) is 0. The summed E-state index contributed by atoms with van der Waals surface area (Å²) < 4.78 is 5.95. The van der Waals surface area contributed by atoms with Crippen molar-refractivity contribution >= 4 is 40.7 Å². The van der Waals surface area contributed by atoms with Crippen molar-refractivity contribution in [3.05, 3.63) is 64.8 Å². The van der Waals surface area contributed by atoms with Gasteiger partial charge >= 0.3 is 5.97 Å². The fourth-order valence-corrected chi connectivity index (χ4v) is 3.01. The number of rotatable bonds is 8. The van der Waals surface area contributed by atoms with Gasteiger partial charge in [0.2, 0.25) is 0 Å². The number of ether oxygens (including phenoxy) is 1. The van der Waals surface area contributed by atoms with E-state index in [4.69, 9.17) is 9.84 Å². The molecule has 3 aromatic rings. The molecule has 0 aliphatic carbocycles. The number of pyridine rings is 1. The Bertz CT molecular complexity index is 887. The number of carbonyl (C=O) groups is 1. The van der Waals surface area contributed by atoms with E-state index in [1.54, 1.807) is 6.20 Å². The van der Waals surface area contributed by atoms with E-state index >= 15 is 0 Å². The number of halogens is 1. The predicted octanol–water partition coefficient (Wildman–Crippen LogP) is 4.61. The number of aromatic nitrogens is 2. The second-order valence-electron chi connectivity index (χ2n) is 5.78. The second kappa shape index (κ2) is 9.89. The zero-order chi connectivity index (χ0) is 18.4. The molecule has 2 N–H and O–H groups in total. The lowest BCUT2D eigenvalue weighted by Crippen LogP contribution is -2.03. The second-order valence-corrected chi connectivity index (χ2v) is 6.64. The van der Waals surface area contributed by atoms with Crippen LogP contribution in [0.3, 0.4) is 0 Å². The van der Waals surface area contributed by atoms with E-state index in [2.05, 4.69) is 15.3 Å². The number of carboxylic acids is 1. The molecular formula is C19H20ClN3O3S. The third-order valence-corrected chi connectivity index (χ3v) is 4.49. The highest BCUT2D eigenvalue weighted by Gasteiger charge is 2.11. The Morgan fingerprint density at radius 1 is 1.26 bits per heavy atom. The predicted molar refractivity (Wildman–Crippen MR) is 108 cm³/mol. The van der Waals surface area contributed by atoms with Gasteiger partial charge in [-0.15, -0.1) is 23.7 Å². The first-order valence-corrected chi connectivity index (χ1v) is 9.05. The van der Waals surface area contributed by atoms with Gasteiger partial charge in [-0.2, -0.15) is 0 Å². The van der Waals surface area contributed by atoms with E-state index < -0.39 is 5.97 Å². The topological polar surface area (TPSA) is 84.3 Å². The number of nitrogens with one attached hydrogen (secondary N) is 1. The van der Waals surface area contributed by atoms with Gasteiger partial charge in [0.15, 0.2) is 16.7 Å². The molecule has 0 fully saturated rings. The van der Waals surface area contributed by atoms with E-state index in [9.17, 15) is 4.79 Å². The molecule has 0 amide bonds. The quantitative estimate of drug-likeness (QED) is 0.569. The zero-order valence-electron chi connectivity index (χ0n) is 14.7. The standard InChI is InChI=1S/C19H19N3O3S.ClH/c1-13-12-26-19(21-13)22-18-16(25-11-14-5-3-2-4-6-14)9-15(10-20-18)7-8-17(23)24;/h2-6,9-10,12H,7-8,11H2,1H3,(H,23,24)(H,20,21,22);1H. The molecule has 0 saturated heterocycles. The average molecular weight is 406 g/mol. The fourth-order valence-electron chi connectivity index (χ4n) is 2.32. The maximum Gasteiger partial charge on any atom is 0.303 e. The van der Waals surface area contributed by atoms with Crippen LogP contribution in [0.4, 0.5) is 10.9 Å². The Labute approximate surface area is 167 Å². The summed E-state index contributed by atoms with van der Waals surface area (Å²) in [5.74, 6) is 0.302. The summed E-state index contributed by atoms with van der Waals surface area (Å²) in [5.41, 5.74) is 2.79. The van der Waals surface area contributed by atoms with Crippen LogP contribution >= 0.6 is 23.7 Å². The van der Waals surface area contributed by atoms with Crippen molar-refractivity contribution in [2.24, 2.45) is 0 Å². The molecule has 2 heterocycles. The van der Waals surface area contributed by atoms with Gasteiger partial charge in [-0.1, -0.05) is 30.3 Å². The van der Waals surface area contributed by atoms with Crippen molar-refractivity contribution < 1.29 is 14.6 Å². The molecule has 0 unspecified atom stereocenters. The Morgan fingerprint density at radius 2 is 2.04 bits per heavy atom. The van der Waals surface area contributed by atoms with Gasteiger partial charge in [0.05, 0.1) is 5.69 Å². The van der Waals surface area contributed by atoms with Gasteiger partial charge in [-0.25, -0.2) is 9.97 Å². The van der Waals surface area contributed by atoms with Crippen molar-refractivity contribution in [3.63, 3.8) is 0 Å². The lowest BCUT2D eigenvalue weighted by molar-refractivity contribution is -0.136. The number of aryl methyl sites for hydroxylation is 2. The maximum absolute atomic E-state index is 10.8. The molecule has 0 radical (unpaired) electrons. The molecular weight excluding hydrogens is 386 g/mol. The molecule has 6 nitrogen and oxygen atoms in total. The first kappa shape index (κ1) is 20.7. The smallest absolute Gasteiger partial charge is 0.303 e. The summed E-state index contributed by atoms with van der Waals surface area (Å²) >= 11 is 1.49. The lowest BCUT2D eigenvalue weighted by atomic mass is 10.1. The Morgan fingerprint density at radius 3 is 2.70 bits per heavy atom. The number of carboxylic acid groups (broad SMARTS) is 1. The number of thiazole rings is 1. The van der Waals surface area contributed by atoms with Gasteiger partial charge in [-0.3, -0.25) is 4.79 Å². The molecule has 0 saturated carbocycles. The molecule has 0 atom stereocenters. The maximum atomic E-state index is 10.8. The first-order valence-electron chi connectivity index (χ1n) is 8.17. The van der Waals surface area contributed by atoms with Crippen molar-refractivity contribution in [2.75, 3.05) is 5.32 Å². The Hall–Kier alpha value is -2.64. The number of anilines is 2. The lowest BCUT2D eigenvalue weighted by Gasteiger charge is -2.13. The van der Waals surface area contributed by atoms with Crippen LogP contribution in [0.2, 0.25) is 0 Å². The van der Waals surface area contributed by atoms with Crippen LogP contribution in [0.25, 0.3) is 0 Å².